The number of carboxylic acid groups (broad SMARTS) is 1. The SMILES string of the molecule is COc1ccc(CNc2nc(COCC(=O)O)nc3sc4ccccc4c23)cc1Cl. The van der Waals surface area contributed by atoms with Gasteiger partial charge < -0.3 is 19.9 Å². The number of nitrogens with zero attached hydrogens (tertiary/aromatic N) is 2. The molecule has 4 aromatic rings. The average Bonchev–Trinajstić information content (AvgIpc) is 3.10. The molecular weight excluding hydrogens is 426 g/mol. The van der Waals surface area contributed by atoms with Gasteiger partial charge in [-0.3, -0.25) is 0 Å². The molecule has 0 unspecified atom stereocenters. The summed E-state index contributed by atoms with van der Waals surface area (Å²) in [5.41, 5.74) is 0.968. The van der Waals surface area contributed by atoms with Crippen molar-refractivity contribution in [1.82, 2.24) is 9.97 Å². The van der Waals surface area contributed by atoms with Gasteiger partial charge in [0.2, 0.25) is 0 Å². The van der Waals surface area contributed by atoms with Crippen LogP contribution in [0.1, 0.15) is 11.4 Å². The van der Waals surface area contributed by atoms with E-state index < -0.39 is 12.6 Å². The predicted molar refractivity (Wildman–Crippen MR) is 118 cm³/mol. The molecule has 4 rings (SSSR count). The van der Waals surface area contributed by atoms with Gasteiger partial charge in [-0.2, -0.15) is 0 Å². The molecule has 0 radical (unpaired) electrons. The van der Waals surface area contributed by atoms with E-state index in [0.717, 1.165) is 25.9 Å². The molecule has 2 heterocycles. The van der Waals surface area contributed by atoms with Gasteiger partial charge in [0, 0.05) is 16.6 Å². The molecule has 0 spiro atoms. The Kier molecular flexibility index (Phi) is 5.98. The van der Waals surface area contributed by atoms with E-state index in [9.17, 15) is 4.79 Å². The quantitative estimate of drug-likeness (QED) is 0.407. The fourth-order valence-corrected chi connectivity index (χ4v) is 4.47. The number of carbonyl (C=O) groups is 1. The molecular formula is C21H18ClN3O4S. The topological polar surface area (TPSA) is 93.6 Å². The van der Waals surface area contributed by atoms with Crippen LogP contribution in [0.15, 0.2) is 42.5 Å². The highest BCUT2D eigenvalue weighted by Crippen LogP contribution is 2.36. The van der Waals surface area contributed by atoms with Gasteiger partial charge in [-0.05, 0) is 23.8 Å². The Morgan fingerprint density at radius 1 is 1.23 bits per heavy atom. The molecule has 0 saturated heterocycles. The first-order chi connectivity index (χ1) is 14.5. The number of ether oxygens (including phenoxy) is 2. The van der Waals surface area contributed by atoms with Crippen molar-refractivity contribution in [1.29, 1.82) is 0 Å². The molecule has 0 aliphatic carbocycles. The van der Waals surface area contributed by atoms with Gasteiger partial charge >= 0.3 is 5.97 Å². The van der Waals surface area contributed by atoms with Gasteiger partial charge in [0.25, 0.3) is 0 Å². The monoisotopic (exact) mass is 443 g/mol. The molecule has 0 aliphatic rings. The zero-order valence-electron chi connectivity index (χ0n) is 16.0. The molecule has 0 amide bonds. The van der Waals surface area contributed by atoms with Crippen LogP contribution >= 0.6 is 22.9 Å². The van der Waals surface area contributed by atoms with E-state index in [1.165, 1.54) is 0 Å². The minimum Gasteiger partial charge on any atom is -0.495 e. The smallest absolute Gasteiger partial charge is 0.329 e. The van der Waals surface area contributed by atoms with Crippen LogP contribution in [-0.4, -0.2) is 34.8 Å². The zero-order valence-corrected chi connectivity index (χ0v) is 17.6. The summed E-state index contributed by atoms with van der Waals surface area (Å²) in [7, 11) is 1.58. The maximum atomic E-state index is 10.7. The summed E-state index contributed by atoms with van der Waals surface area (Å²) < 4.78 is 11.5. The predicted octanol–water partition coefficient (Wildman–Crippen LogP) is 4.72. The van der Waals surface area contributed by atoms with Crippen LogP contribution < -0.4 is 10.1 Å². The zero-order chi connectivity index (χ0) is 21.1. The Hall–Kier alpha value is -2.94. The van der Waals surface area contributed by atoms with Crippen molar-refractivity contribution < 1.29 is 19.4 Å². The van der Waals surface area contributed by atoms with E-state index in [2.05, 4.69) is 15.3 Å². The lowest BCUT2D eigenvalue weighted by molar-refractivity contribution is -0.142. The summed E-state index contributed by atoms with van der Waals surface area (Å²) >= 11 is 7.79. The van der Waals surface area contributed by atoms with Crippen molar-refractivity contribution in [2.75, 3.05) is 19.0 Å². The molecule has 0 atom stereocenters. The second kappa shape index (κ2) is 8.83. The van der Waals surface area contributed by atoms with E-state index >= 15 is 0 Å². The van der Waals surface area contributed by atoms with Crippen molar-refractivity contribution in [2.45, 2.75) is 13.2 Å². The van der Waals surface area contributed by atoms with Crippen LogP contribution in [0, 0.1) is 0 Å². The number of fused-ring (bicyclic) bond motifs is 3. The largest absolute Gasteiger partial charge is 0.495 e. The molecule has 0 bridgehead atoms. The van der Waals surface area contributed by atoms with Crippen molar-refractivity contribution in [3.05, 3.63) is 58.9 Å². The van der Waals surface area contributed by atoms with Gasteiger partial charge in [-0.15, -0.1) is 11.3 Å². The van der Waals surface area contributed by atoms with Gasteiger partial charge in [-0.25, -0.2) is 14.8 Å². The Bertz CT molecular complexity index is 1230. The van der Waals surface area contributed by atoms with Crippen LogP contribution in [0.25, 0.3) is 20.3 Å². The standard InChI is InChI=1S/C21H18ClN3O4S/c1-28-15-7-6-12(8-14(15)22)9-23-20-19-13-4-2-3-5-16(13)30-21(19)25-17(24-20)10-29-11-18(26)27/h2-8H,9-11H2,1H3,(H,26,27)(H,23,24,25). The molecule has 0 aliphatic heterocycles. The number of aliphatic carboxylic acids is 1. The van der Waals surface area contributed by atoms with Gasteiger partial charge in [0.05, 0.1) is 17.5 Å². The number of methoxy groups -OCH3 is 1. The van der Waals surface area contributed by atoms with Crippen molar-refractivity contribution in [3.63, 3.8) is 0 Å². The Morgan fingerprint density at radius 3 is 2.83 bits per heavy atom. The molecule has 7 nitrogen and oxygen atoms in total. The summed E-state index contributed by atoms with van der Waals surface area (Å²) in [5, 5.41) is 14.7. The lowest BCUT2D eigenvalue weighted by atomic mass is 10.2. The number of aromatic nitrogens is 2. The minimum atomic E-state index is -1.03. The highest BCUT2D eigenvalue weighted by Gasteiger charge is 2.15. The Balaban J connectivity index is 1.68. The van der Waals surface area contributed by atoms with E-state index in [1.807, 2.05) is 42.5 Å². The Labute approximate surface area is 181 Å². The number of hydrogen-bond acceptors (Lipinski definition) is 7. The maximum Gasteiger partial charge on any atom is 0.329 e. The van der Waals surface area contributed by atoms with E-state index in [-0.39, 0.29) is 6.61 Å². The average molecular weight is 444 g/mol. The lowest BCUT2D eigenvalue weighted by Crippen LogP contribution is -2.10. The van der Waals surface area contributed by atoms with Crippen LogP contribution in [0.3, 0.4) is 0 Å². The molecule has 0 fully saturated rings. The van der Waals surface area contributed by atoms with E-state index in [4.69, 9.17) is 26.2 Å². The van der Waals surface area contributed by atoms with E-state index in [1.54, 1.807) is 18.4 Å². The van der Waals surface area contributed by atoms with Crippen molar-refractivity contribution in [2.24, 2.45) is 0 Å². The number of rotatable bonds is 8. The van der Waals surface area contributed by atoms with Crippen LogP contribution in [0.5, 0.6) is 5.75 Å². The minimum absolute atomic E-state index is 0.0134. The Morgan fingerprint density at radius 2 is 2.07 bits per heavy atom. The summed E-state index contributed by atoms with van der Waals surface area (Å²) in [6, 6.07) is 13.6. The van der Waals surface area contributed by atoms with Crippen molar-refractivity contribution in [3.8, 4) is 5.75 Å². The molecule has 30 heavy (non-hydrogen) atoms. The number of nitrogens with one attached hydrogen (secondary N) is 1. The highest BCUT2D eigenvalue weighted by molar-refractivity contribution is 7.25. The number of halogens is 1. The van der Waals surface area contributed by atoms with Gasteiger partial charge in [0.1, 0.15) is 29.6 Å². The first-order valence-electron chi connectivity index (χ1n) is 9.09. The third kappa shape index (κ3) is 4.30. The van der Waals surface area contributed by atoms with Gasteiger partial charge in [-0.1, -0.05) is 35.9 Å². The molecule has 2 aromatic carbocycles. The number of hydrogen-bond donors (Lipinski definition) is 2. The third-order valence-electron chi connectivity index (χ3n) is 4.42. The summed E-state index contributed by atoms with van der Waals surface area (Å²) in [5.74, 6) is 0.670. The highest BCUT2D eigenvalue weighted by atomic mass is 35.5. The summed E-state index contributed by atoms with van der Waals surface area (Å²) in [6.45, 7) is 0.107. The van der Waals surface area contributed by atoms with Crippen LogP contribution in [0.4, 0.5) is 5.82 Å². The normalized spacial score (nSPS) is 11.1. The number of benzene rings is 2. The first kappa shape index (κ1) is 20.3. The summed E-state index contributed by atoms with van der Waals surface area (Å²) in [6.07, 6.45) is 0. The lowest BCUT2D eigenvalue weighted by Gasteiger charge is -2.11. The molecule has 2 aromatic heterocycles. The van der Waals surface area contributed by atoms with E-state index in [0.29, 0.717) is 29.0 Å². The first-order valence-corrected chi connectivity index (χ1v) is 10.3. The molecule has 9 heteroatoms. The number of anilines is 1. The van der Waals surface area contributed by atoms with Gasteiger partial charge in [0.15, 0.2) is 5.82 Å². The second-order valence-corrected chi connectivity index (χ2v) is 7.91. The number of carboxylic acids is 1. The fraction of sp³-hybridized carbons (Fsp3) is 0.190. The van der Waals surface area contributed by atoms with Crippen molar-refractivity contribution >= 4 is 55.0 Å². The fourth-order valence-electron chi connectivity index (χ4n) is 3.10. The number of thiophene rings is 1. The molecule has 2 N–H and O–H groups in total. The molecule has 154 valence electrons. The summed E-state index contributed by atoms with van der Waals surface area (Å²) in [4.78, 5) is 20.7. The van der Waals surface area contributed by atoms with Crippen LogP contribution in [-0.2, 0) is 22.7 Å². The second-order valence-electron chi connectivity index (χ2n) is 6.48. The molecule has 0 saturated carbocycles. The third-order valence-corrected chi connectivity index (χ3v) is 5.78. The maximum absolute atomic E-state index is 10.7. The van der Waals surface area contributed by atoms with Crippen LogP contribution in [0.2, 0.25) is 5.02 Å².